The van der Waals surface area contributed by atoms with Crippen molar-refractivity contribution >= 4 is 5.82 Å². The van der Waals surface area contributed by atoms with Gasteiger partial charge in [-0.05, 0) is 25.1 Å². The summed E-state index contributed by atoms with van der Waals surface area (Å²) in [6.45, 7) is 8.89. The molecule has 68 valence electrons. The molecule has 0 spiro atoms. The van der Waals surface area contributed by atoms with Crippen molar-refractivity contribution in [2.45, 2.75) is 6.92 Å². The van der Waals surface area contributed by atoms with Crippen molar-refractivity contribution in [3.8, 4) is 5.69 Å². The Bertz CT molecular complexity index is 477. The Hall–Kier alpha value is -2.08. The summed E-state index contributed by atoms with van der Waals surface area (Å²) >= 11 is 0. The smallest absolute Gasteiger partial charge is 0.257 e. The zero-order valence-electron chi connectivity index (χ0n) is 7.81. The van der Waals surface area contributed by atoms with Crippen LogP contribution < -0.4 is 0 Å². The molecular formula is C11H9N3. The Morgan fingerprint density at radius 2 is 2.00 bits per heavy atom. The molecule has 14 heavy (non-hydrogen) atoms. The van der Waals surface area contributed by atoms with Crippen molar-refractivity contribution < 1.29 is 0 Å². The standard InChI is InChI=1S/C11H9N3/c1-9-8-11(12-2)14(13-9)10-6-4-3-5-7-10/h3-8H,1H3. The normalized spacial score (nSPS) is 9.71. The molecule has 0 aliphatic rings. The molecule has 0 unspecified atom stereocenters. The number of aromatic nitrogens is 2. The minimum absolute atomic E-state index is 0.550. The molecule has 0 radical (unpaired) electrons. The Kier molecular flexibility index (Phi) is 2.04. The van der Waals surface area contributed by atoms with E-state index in [4.69, 9.17) is 6.57 Å². The van der Waals surface area contributed by atoms with Gasteiger partial charge in [-0.3, -0.25) is 0 Å². The number of rotatable bonds is 1. The number of hydrogen-bond acceptors (Lipinski definition) is 1. The fourth-order valence-corrected chi connectivity index (χ4v) is 1.32. The molecule has 2 aromatic rings. The number of nitrogens with zero attached hydrogens (tertiary/aromatic N) is 3. The van der Waals surface area contributed by atoms with Gasteiger partial charge in [0.2, 0.25) is 0 Å². The molecule has 1 aromatic heterocycles. The Balaban J connectivity index is 2.58. The second kappa shape index (κ2) is 3.35. The number of para-hydroxylation sites is 1. The van der Waals surface area contributed by atoms with Crippen LogP contribution in [0.3, 0.4) is 0 Å². The van der Waals surface area contributed by atoms with Gasteiger partial charge < -0.3 is 4.85 Å². The maximum absolute atomic E-state index is 7.01. The fourth-order valence-electron chi connectivity index (χ4n) is 1.32. The molecule has 3 nitrogen and oxygen atoms in total. The topological polar surface area (TPSA) is 22.2 Å². The molecule has 0 saturated carbocycles. The van der Waals surface area contributed by atoms with Crippen molar-refractivity contribution in [2.75, 3.05) is 0 Å². The van der Waals surface area contributed by atoms with Crippen molar-refractivity contribution in [1.82, 2.24) is 9.78 Å². The van der Waals surface area contributed by atoms with Crippen LogP contribution in [0.5, 0.6) is 0 Å². The van der Waals surface area contributed by atoms with Gasteiger partial charge in [0.1, 0.15) is 5.69 Å². The van der Waals surface area contributed by atoms with Gasteiger partial charge in [-0.2, -0.15) is 4.68 Å². The molecule has 0 fully saturated rings. The van der Waals surface area contributed by atoms with E-state index in [1.165, 1.54) is 0 Å². The number of hydrogen-bond donors (Lipinski definition) is 0. The van der Waals surface area contributed by atoms with Crippen molar-refractivity contribution in [3.63, 3.8) is 0 Å². The summed E-state index contributed by atoms with van der Waals surface area (Å²) in [5.41, 5.74) is 1.78. The summed E-state index contributed by atoms with van der Waals surface area (Å²) in [5, 5.41) is 4.25. The molecule has 0 amide bonds. The van der Waals surface area contributed by atoms with E-state index in [1.807, 2.05) is 37.3 Å². The second-order valence-corrected chi connectivity index (χ2v) is 3.00. The average Bonchev–Trinajstić information content (AvgIpc) is 2.61. The van der Waals surface area contributed by atoms with E-state index in [-0.39, 0.29) is 0 Å². The monoisotopic (exact) mass is 183 g/mol. The maximum atomic E-state index is 7.01. The van der Waals surface area contributed by atoms with Crippen LogP contribution in [-0.2, 0) is 0 Å². The van der Waals surface area contributed by atoms with Crippen LogP contribution >= 0.6 is 0 Å². The van der Waals surface area contributed by atoms with E-state index in [9.17, 15) is 0 Å². The predicted octanol–water partition coefficient (Wildman–Crippen LogP) is 2.73. The summed E-state index contributed by atoms with van der Waals surface area (Å²) in [7, 11) is 0. The van der Waals surface area contributed by atoms with Gasteiger partial charge in [0.05, 0.1) is 5.69 Å². The minimum Gasteiger partial charge on any atom is -0.362 e. The van der Waals surface area contributed by atoms with Crippen LogP contribution in [0.25, 0.3) is 10.5 Å². The SMILES string of the molecule is [C-]#[N+]c1cc(C)nn1-c1ccccc1. The lowest BCUT2D eigenvalue weighted by Crippen LogP contribution is -1.94. The third-order valence-electron chi connectivity index (χ3n) is 1.93. The van der Waals surface area contributed by atoms with E-state index < -0.39 is 0 Å². The largest absolute Gasteiger partial charge is 0.362 e. The Morgan fingerprint density at radius 1 is 1.29 bits per heavy atom. The zero-order valence-corrected chi connectivity index (χ0v) is 7.81. The highest BCUT2D eigenvalue weighted by atomic mass is 15.3. The molecule has 0 saturated heterocycles. The van der Waals surface area contributed by atoms with Gasteiger partial charge in [0.25, 0.3) is 5.82 Å². The first-order valence-corrected chi connectivity index (χ1v) is 4.31. The van der Waals surface area contributed by atoms with Crippen molar-refractivity contribution in [2.24, 2.45) is 0 Å². The van der Waals surface area contributed by atoms with Crippen LogP contribution in [0.15, 0.2) is 36.4 Å². The van der Waals surface area contributed by atoms with Gasteiger partial charge in [-0.1, -0.05) is 24.8 Å². The summed E-state index contributed by atoms with van der Waals surface area (Å²) < 4.78 is 1.66. The molecule has 0 aliphatic heterocycles. The summed E-state index contributed by atoms with van der Waals surface area (Å²) in [5.74, 6) is 0.550. The Morgan fingerprint density at radius 3 is 2.64 bits per heavy atom. The second-order valence-electron chi connectivity index (χ2n) is 3.00. The Labute approximate surface area is 82.4 Å². The summed E-state index contributed by atoms with van der Waals surface area (Å²) in [6.07, 6.45) is 0. The third kappa shape index (κ3) is 1.38. The first kappa shape index (κ1) is 8.52. The van der Waals surface area contributed by atoms with E-state index in [0.29, 0.717) is 5.82 Å². The summed E-state index contributed by atoms with van der Waals surface area (Å²) in [4.78, 5) is 3.42. The first-order valence-electron chi connectivity index (χ1n) is 4.31. The van der Waals surface area contributed by atoms with Crippen LogP contribution in [0.1, 0.15) is 5.69 Å². The van der Waals surface area contributed by atoms with E-state index >= 15 is 0 Å². The van der Waals surface area contributed by atoms with Crippen LogP contribution in [0, 0.1) is 13.5 Å². The first-order chi connectivity index (χ1) is 6.81. The average molecular weight is 183 g/mol. The van der Waals surface area contributed by atoms with Gasteiger partial charge in [-0.15, -0.1) is 5.10 Å². The van der Waals surface area contributed by atoms with Crippen LogP contribution in [0.2, 0.25) is 0 Å². The van der Waals surface area contributed by atoms with Gasteiger partial charge in [-0.25, -0.2) is 0 Å². The van der Waals surface area contributed by atoms with Crippen LogP contribution in [-0.4, -0.2) is 9.78 Å². The maximum Gasteiger partial charge on any atom is 0.257 e. The van der Waals surface area contributed by atoms with E-state index in [2.05, 4.69) is 9.94 Å². The van der Waals surface area contributed by atoms with E-state index in [1.54, 1.807) is 10.7 Å². The quantitative estimate of drug-likeness (QED) is 0.623. The van der Waals surface area contributed by atoms with Crippen molar-refractivity contribution in [3.05, 3.63) is 53.5 Å². The highest BCUT2D eigenvalue weighted by molar-refractivity contribution is 5.46. The highest BCUT2D eigenvalue weighted by Gasteiger charge is 2.07. The lowest BCUT2D eigenvalue weighted by Gasteiger charge is -1.97. The molecule has 2 rings (SSSR count). The molecule has 3 heteroatoms. The number of aryl methyl sites for hydroxylation is 1. The minimum atomic E-state index is 0.550. The molecule has 1 heterocycles. The van der Waals surface area contributed by atoms with Gasteiger partial charge in [0, 0.05) is 0 Å². The molecule has 0 atom stereocenters. The summed E-state index contributed by atoms with van der Waals surface area (Å²) in [6, 6.07) is 11.4. The fraction of sp³-hybridized carbons (Fsp3) is 0.0909. The molecule has 0 N–H and O–H groups in total. The lowest BCUT2D eigenvalue weighted by atomic mass is 10.3. The highest BCUT2D eigenvalue weighted by Crippen LogP contribution is 2.18. The number of benzene rings is 1. The van der Waals surface area contributed by atoms with E-state index in [0.717, 1.165) is 11.4 Å². The third-order valence-corrected chi connectivity index (χ3v) is 1.93. The van der Waals surface area contributed by atoms with Crippen LogP contribution in [0.4, 0.5) is 5.82 Å². The molecule has 1 aromatic carbocycles. The molecule has 0 aliphatic carbocycles. The van der Waals surface area contributed by atoms with Gasteiger partial charge >= 0.3 is 0 Å². The van der Waals surface area contributed by atoms with Gasteiger partial charge in [0.15, 0.2) is 0 Å². The lowest BCUT2D eigenvalue weighted by molar-refractivity contribution is 0.875. The van der Waals surface area contributed by atoms with Crippen molar-refractivity contribution in [1.29, 1.82) is 0 Å². The molecular weight excluding hydrogens is 174 g/mol. The molecule has 0 bridgehead atoms. The zero-order chi connectivity index (χ0) is 9.97. The predicted molar refractivity (Wildman–Crippen MR) is 54.6 cm³/mol.